The molecule has 2 aromatic heterocycles. The van der Waals surface area contributed by atoms with E-state index in [4.69, 9.17) is 9.26 Å². The van der Waals surface area contributed by atoms with Crippen molar-refractivity contribution in [1.82, 2.24) is 20.1 Å². The quantitative estimate of drug-likeness (QED) is 0.788. The van der Waals surface area contributed by atoms with E-state index >= 15 is 0 Å². The molecule has 3 heterocycles. The smallest absolute Gasteiger partial charge is 0.356 e. The fourth-order valence-corrected chi connectivity index (χ4v) is 2.78. The Labute approximate surface area is 140 Å². The number of esters is 1. The number of carbonyl (C=O) groups is 1. The number of ether oxygens (including phenoxy) is 1. The van der Waals surface area contributed by atoms with Crippen LogP contribution >= 0.6 is 0 Å². The monoisotopic (exact) mass is 331 g/mol. The Morgan fingerprint density at radius 2 is 2.17 bits per heavy atom. The zero-order chi connectivity index (χ0) is 17.3. The molecule has 1 aliphatic rings. The second-order valence-corrected chi connectivity index (χ2v) is 6.18. The lowest BCUT2D eigenvalue weighted by atomic mass is 10.2. The maximum Gasteiger partial charge on any atom is 0.356 e. The number of aryl methyl sites for hydroxylation is 1. The Balaban J connectivity index is 1.92. The molecule has 1 aliphatic heterocycles. The number of carbonyl (C=O) groups excluding carboxylic acids is 1. The van der Waals surface area contributed by atoms with Gasteiger partial charge in [-0.3, -0.25) is 0 Å². The standard InChI is InChI=1S/C16H21N5O3/c1-9(2)14-19-13(20-24-14)12-6-5-7-21(12)16-17-10(3)8-11(18-16)15(22)23-4/h8-9,12H,5-7H2,1-4H3. The largest absolute Gasteiger partial charge is 0.464 e. The first kappa shape index (κ1) is 16.4. The lowest BCUT2D eigenvalue weighted by Gasteiger charge is -2.22. The molecule has 0 N–H and O–H groups in total. The Hall–Kier alpha value is -2.51. The normalized spacial score (nSPS) is 17.5. The second-order valence-electron chi connectivity index (χ2n) is 6.18. The van der Waals surface area contributed by atoms with Crippen molar-refractivity contribution in [2.45, 2.75) is 45.6 Å². The molecular weight excluding hydrogens is 310 g/mol. The van der Waals surface area contributed by atoms with Crippen LogP contribution < -0.4 is 4.90 Å². The first-order chi connectivity index (χ1) is 11.5. The van der Waals surface area contributed by atoms with Crippen molar-refractivity contribution in [2.24, 2.45) is 0 Å². The molecular formula is C16H21N5O3. The molecule has 2 aromatic rings. The van der Waals surface area contributed by atoms with Crippen LogP contribution in [0.2, 0.25) is 0 Å². The van der Waals surface area contributed by atoms with E-state index in [0.717, 1.165) is 19.4 Å². The minimum absolute atomic E-state index is 0.0476. The zero-order valence-electron chi connectivity index (χ0n) is 14.3. The zero-order valence-corrected chi connectivity index (χ0v) is 14.3. The van der Waals surface area contributed by atoms with Crippen molar-refractivity contribution in [3.63, 3.8) is 0 Å². The van der Waals surface area contributed by atoms with E-state index in [1.807, 2.05) is 25.7 Å². The molecule has 0 saturated carbocycles. The van der Waals surface area contributed by atoms with Crippen LogP contribution in [0.4, 0.5) is 5.95 Å². The third-order valence-corrected chi connectivity index (χ3v) is 4.00. The van der Waals surface area contributed by atoms with Crippen LogP contribution in [0.25, 0.3) is 0 Å². The molecule has 24 heavy (non-hydrogen) atoms. The van der Waals surface area contributed by atoms with Gasteiger partial charge in [-0.2, -0.15) is 4.98 Å². The summed E-state index contributed by atoms with van der Waals surface area (Å²) in [7, 11) is 1.34. The van der Waals surface area contributed by atoms with Gasteiger partial charge in [-0.1, -0.05) is 19.0 Å². The highest BCUT2D eigenvalue weighted by atomic mass is 16.5. The van der Waals surface area contributed by atoms with E-state index in [1.54, 1.807) is 6.07 Å². The Morgan fingerprint density at radius 3 is 2.83 bits per heavy atom. The average molecular weight is 331 g/mol. The number of nitrogens with zero attached hydrogens (tertiary/aromatic N) is 5. The number of hydrogen-bond donors (Lipinski definition) is 0. The topological polar surface area (TPSA) is 94.2 Å². The predicted molar refractivity (Wildman–Crippen MR) is 85.8 cm³/mol. The molecule has 0 radical (unpaired) electrons. The van der Waals surface area contributed by atoms with Crippen molar-refractivity contribution in [1.29, 1.82) is 0 Å². The highest BCUT2D eigenvalue weighted by Gasteiger charge is 2.32. The van der Waals surface area contributed by atoms with Crippen molar-refractivity contribution in [3.8, 4) is 0 Å². The molecule has 0 aromatic carbocycles. The van der Waals surface area contributed by atoms with E-state index < -0.39 is 5.97 Å². The minimum Gasteiger partial charge on any atom is -0.464 e. The molecule has 128 valence electrons. The van der Waals surface area contributed by atoms with Crippen molar-refractivity contribution in [3.05, 3.63) is 29.2 Å². The highest BCUT2D eigenvalue weighted by Crippen LogP contribution is 2.33. The summed E-state index contributed by atoms with van der Waals surface area (Å²) in [6, 6.07) is 1.57. The Kier molecular flexibility index (Phi) is 4.46. The van der Waals surface area contributed by atoms with E-state index in [0.29, 0.717) is 23.4 Å². The van der Waals surface area contributed by atoms with E-state index in [-0.39, 0.29) is 17.7 Å². The average Bonchev–Trinajstić information content (AvgIpc) is 3.21. The maximum atomic E-state index is 11.8. The van der Waals surface area contributed by atoms with Crippen LogP contribution in [0.15, 0.2) is 10.6 Å². The number of rotatable bonds is 4. The fourth-order valence-electron chi connectivity index (χ4n) is 2.78. The van der Waals surface area contributed by atoms with Gasteiger partial charge >= 0.3 is 5.97 Å². The highest BCUT2D eigenvalue weighted by molar-refractivity contribution is 5.87. The summed E-state index contributed by atoms with van der Waals surface area (Å²) in [6.45, 7) is 6.63. The SMILES string of the molecule is COC(=O)c1cc(C)nc(N2CCCC2c2noc(C(C)C)n2)n1. The molecule has 0 aliphatic carbocycles. The van der Waals surface area contributed by atoms with Gasteiger partial charge in [-0.15, -0.1) is 0 Å². The molecule has 1 atom stereocenters. The van der Waals surface area contributed by atoms with Crippen LogP contribution in [0.3, 0.4) is 0 Å². The lowest BCUT2D eigenvalue weighted by Crippen LogP contribution is -2.26. The van der Waals surface area contributed by atoms with Crippen molar-refractivity contribution in [2.75, 3.05) is 18.6 Å². The molecule has 0 amide bonds. The third-order valence-electron chi connectivity index (χ3n) is 4.00. The van der Waals surface area contributed by atoms with Gasteiger partial charge in [0.15, 0.2) is 11.5 Å². The molecule has 3 rings (SSSR count). The second kappa shape index (κ2) is 6.54. The van der Waals surface area contributed by atoms with E-state index in [1.165, 1.54) is 7.11 Å². The van der Waals surface area contributed by atoms with Gasteiger partial charge in [-0.25, -0.2) is 14.8 Å². The van der Waals surface area contributed by atoms with Crippen molar-refractivity contribution >= 4 is 11.9 Å². The molecule has 0 spiro atoms. The summed E-state index contributed by atoms with van der Waals surface area (Å²) in [4.78, 5) is 27.1. The molecule has 1 saturated heterocycles. The van der Waals surface area contributed by atoms with Crippen LogP contribution in [0.5, 0.6) is 0 Å². The summed E-state index contributed by atoms with van der Waals surface area (Å²) in [5, 5.41) is 4.12. The van der Waals surface area contributed by atoms with Gasteiger partial charge in [0.1, 0.15) is 0 Å². The van der Waals surface area contributed by atoms with E-state index in [9.17, 15) is 4.79 Å². The Morgan fingerprint density at radius 1 is 1.38 bits per heavy atom. The summed E-state index contributed by atoms with van der Waals surface area (Å²) < 4.78 is 10.1. The first-order valence-electron chi connectivity index (χ1n) is 8.03. The van der Waals surface area contributed by atoms with Gasteiger partial charge in [0.25, 0.3) is 0 Å². The molecule has 1 fully saturated rings. The van der Waals surface area contributed by atoms with Crippen LogP contribution in [0, 0.1) is 6.92 Å². The van der Waals surface area contributed by atoms with Crippen LogP contribution in [-0.4, -0.2) is 39.7 Å². The van der Waals surface area contributed by atoms with Gasteiger partial charge in [0.05, 0.1) is 13.2 Å². The predicted octanol–water partition coefficient (Wildman–Crippen LogP) is 2.42. The number of aromatic nitrogens is 4. The molecule has 8 nitrogen and oxygen atoms in total. The summed E-state index contributed by atoms with van der Waals surface area (Å²) >= 11 is 0. The van der Waals surface area contributed by atoms with Gasteiger partial charge in [-0.05, 0) is 25.8 Å². The lowest BCUT2D eigenvalue weighted by molar-refractivity contribution is 0.0593. The Bertz CT molecular complexity index is 743. The maximum absolute atomic E-state index is 11.8. The molecule has 8 heteroatoms. The number of anilines is 1. The van der Waals surface area contributed by atoms with E-state index in [2.05, 4.69) is 20.1 Å². The third kappa shape index (κ3) is 3.08. The fraction of sp³-hybridized carbons (Fsp3) is 0.562. The molecule has 0 bridgehead atoms. The minimum atomic E-state index is -0.473. The number of hydrogen-bond acceptors (Lipinski definition) is 8. The first-order valence-corrected chi connectivity index (χ1v) is 8.03. The summed E-state index contributed by atoms with van der Waals surface area (Å²) in [6.07, 6.45) is 1.86. The van der Waals surface area contributed by atoms with Crippen LogP contribution in [0.1, 0.15) is 66.5 Å². The van der Waals surface area contributed by atoms with Gasteiger partial charge < -0.3 is 14.2 Å². The molecule has 1 unspecified atom stereocenters. The van der Waals surface area contributed by atoms with Crippen molar-refractivity contribution < 1.29 is 14.1 Å². The number of methoxy groups -OCH3 is 1. The summed E-state index contributed by atoms with van der Waals surface area (Å²) in [5.41, 5.74) is 0.962. The van der Waals surface area contributed by atoms with Gasteiger partial charge in [0.2, 0.25) is 11.8 Å². The summed E-state index contributed by atoms with van der Waals surface area (Å²) in [5.74, 6) is 1.47. The van der Waals surface area contributed by atoms with Gasteiger partial charge in [0, 0.05) is 18.2 Å². The van der Waals surface area contributed by atoms with Crippen LogP contribution in [-0.2, 0) is 4.74 Å².